The van der Waals surface area contributed by atoms with Gasteiger partial charge in [0.1, 0.15) is 0 Å². The lowest BCUT2D eigenvalue weighted by Gasteiger charge is -1.97. The van der Waals surface area contributed by atoms with Crippen molar-refractivity contribution in [3.63, 3.8) is 0 Å². The Kier molecular flexibility index (Phi) is 4.50. The van der Waals surface area contributed by atoms with E-state index in [0.717, 1.165) is 15.1 Å². The summed E-state index contributed by atoms with van der Waals surface area (Å²) < 4.78 is 5.50. The van der Waals surface area contributed by atoms with E-state index in [1.165, 1.54) is 24.5 Å². The number of rotatable bonds is 4. The van der Waals surface area contributed by atoms with Crippen molar-refractivity contribution in [2.45, 2.75) is 0 Å². The fourth-order valence-electron chi connectivity index (χ4n) is 1.91. The van der Waals surface area contributed by atoms with Crippen LogP contribution < -0.4 is 5.32 Å². The first kappa shape index (κ1) is 15.4. The second-order valence-electron chi connectivity index (χ2n) is 4.53. The molecule has 3 aromatic rings. The lowest BCUT2D eigenvalue weighted by atomic mass is 10.2. The fraction of sp³-hybridized carbons (Fsp3) is 0.0625. The molecule has 0 aliphatic rings. The molecule has 1 amide bonds. The number of nitrogens with zero attached hydrogens (tertiary/aromatic N) is 1. The molecule has 0 saturated carbocycles. The Hall–Kier alpha value is -2.51. The van der Waals surface area contributed by atoms with Gasteiger partial charge in [-0.3, -0.25) is 10.1 Å². The van der Waals surface area contributed by atoms with E-state index in [1.807, 2.05) is 17.5 Å². The number of hydrogen-bond donors (Lipinski definition) is 1. The largest absolute Gasteiger partial charge is 0.465 e. The molecule has 0 unspecified atom stereocenters. The molecule has 5 nitrogen and oxygen atoms in total. The molecule has 2 aromatic heterocycles. The number of esters is 1. The van der Waals surface area contributed by atoms with Crippen molar-refractivity contribution in [1.29, 1.82) is 0 Å². The first-order valence-electron chi connectivity index (χ1n) is 6.67. The van der Waals surface area contributed by atoms with Gasteiger partial charge >= 0.3 is 5.97 Å². The van der Waals surface area contributed by atoms with Crippen LogP contribution in [0.5, 0.6) is 0 Å². The topological polar surface area (TPSA) is 68.3 Å². The maximum absolute atomic E-state index is 11.9. The molecule has 1 aromatic carbocycles. The maximum atomic E-state index is 11.9. The molecule has 0 bridgehead atoms. The molecule has 0 atom stereocenters. The number of aromatic nitrogens is 1. The molecular formula is C16H12N2O3S2. The molecule has 3 rings (SSSR count). The van der Waals surface area contributed by atoms with E-state index in [-0.39, 0.29) is 5.91 Å². The van der Waals surface area contributed by atoms with Gasteiger partial charge in [0.15, 0.2) is 5.13 Å². The van der Waals surface area contributed by atoms with Crippen LogP contribution in [0.2, 0.25) is 0 Å². The SMILES string of the molecule is COC(=O)c1ccc2nc(NC(=O)C=Cc3cccs3)sc2c1. The first-order valence-corrected chi connectivity index (χ1v) is 8.37. The summed E-state index contributed by atoms with van der Waals surface area (Å²) in [6.45, 7) is 0. The van der Waals surface area contributed by atoms with Gasteiger partial charge in [-0.05, 0) is 35.7 Å². The second kappa shape index (κ2) is 6.72. The number of amides is 1. The smallest absolute Gasteiger partial charge is 0.337 e. The van der Waals surface area contributed by atoms with Crippen LogP contribution in [0.25, 0.3) is 16.3 Å². The summed E-state index contributed by atoms with van der Waals surface area (Å²) in [4.78, 5) is 28.8. The number of fused-ring (bicyclic) bond motifs is 1. The Labute approximate surface area is 140 Å². The summed E-state index contributed by atoms with van der Waals surface area (Å²) >= 11 is 2.87. The van der Waals surface area contributed by atoms with Crippen LogP contribution >= 0.6 is 22.7 Å². The van der Waals surface area contributed by atoms with Crippen molar-refractivity contribution >= 4 is 56.0 Å². The number of benzene rings is 1. The first-order chi connectivity index (χ1) is 11.2. The zero-order valence-corrected chi connectivity index (χ0v) is 13.7. The third kappa shape index (κ3) is 3.64. The van der Waals surface area contributed by atoms with Gasteiger partial charge < -0.3 is 4.74 Å². The fourth-order valence-corrected chi connectivity index (χ4v) is 3.44. The molecule has 0 radical (unpaired) electrons. The molecule has 0 saturated heterocycles. The van der Waals surface area contributed by atoms with E-state index in [2.05, 4.69) is 10.3 Å². The van der Waals surface area contributed by atoms with Gasteiger partial charge in [0, 0.05) is 11.0 Å². The number of anilines is 1. The average Bonchev–Trinajstić information content (AvgIpc) is 3.20. The lowest BCUT2D eigenvalue weighted by molar-refractivity contribution is -0.111. The van der Waals surface area contributed by atoms with Crippen LogP contribution in [-0.4, -0.2) is 24.0 Å². The van der Waals surface area contributed by atoms with Gasteiger partial charge in [0.25, 0.3) is 0 Å². The number of ether oxygens (including phenoxy) is 1. The summed E-state index contributed by atoms with van der Waals surface area (Å²) in [5.74, 6) is -0.643. The molecule has 0 aliphatic carbocycles. The predicted molar refractivity (Wildman–Crippen MR) is 92.9 cm³/mol. The Morgan fingerprint density at radius 1 is 1.30 bits per heavy atom. The Morgan fingerprint density at radius 3 is 2.91 bits per heavy atom. The van der Waals surface area contributed by atoms with E-state index in [4.69, 9.17) is 4.74 Å². The van der Waals surface area contributed by atoms with Gasteiger partial charge in [-0.2, -0.15) is 0 Å². The number of nitrogens with one attached hydrogen (secondary N) is 1. The standard InChI is InChI=1S/C16H12N2O3S2/c1-21-15(20)10-4-6-12-13(9-10)23-16(17-12)18-14(19)7-5-11-3-2-8-22-11/h2-9H,1H3,(H,17,18,19). The number of thiazole rings is 1. The summed E-state index contributed by atoms with van der Waals surface area (Å²) in [5.41, 5.74) is 1.18. The Morgan fingerprint density at radius 2 is 2.17 bits per heavy atom. The minimum absolute atomic E-state index is 0.245. The number of thiophene rings is 1. The monoisotopic (exact) mass is 344 g/mol. The zero-order chi connectivity index (χ0) is 16.2. The van der Waals surface area contributed by atoms with Gasteiger partial charge in [-0.1, -0.05) is 17.4 Å². The highest BCUT2D eigenvalue weighted by atomic mass is 32.1. The summed E-state index contributed by atoms with van der Waals surface area (Å²) in [6.07, 6.45) is 3.22. The Bertz CT molecular complexity index is 882. The van der Waals surface area contributed by atoms with Crippen molar-refractivity contribution in [3.8, 4) is 0 Å². The van der Waals surface area contributed by atoms with Crippen molar-refractivity contribution in [2.75, 3.05) is 12.4 Å². The molecule has 116 valence electrons. The molecule has 1 N–H and O–H groups in total. The highest BCUT2D eigenvalue weighted by molar-refractivity contribution is 7.22. The van der Waals surface area contributed by atoms with Crippen LogP contribution in [0.3, 0.4) is 0 Å². The lowest BCUT2D eigenvalue weighted by Crippen LogP contribution is -2.06. The number of hydrogen-bond acceptors (Lipinski definition) is 6. The molecule has 23 heavy (non-hydrogen) atoms. The maximum Gasteiger partial charge on any atom is 0.337 e. The minimum Gasteiger partial charge on any atom is -0.465 e. The third-order valence-corrected chi connectivity index (χ3v) is 4.75. The summed E-state index contributed by atoms with van der Waals surface area (Å²) in [6, 6.07) is 8.94. The summed E-state index contributed by atoms with van der Waals surface area (Å²) in [5, 5.41) is 5.16. The van der Waals surface area contributed by atoms with Crippen molar-refractivity contribution < 1.29 is 14.3 Å². The molecule has 0 fully saturated rings. The normalized spacial score (nSPS) is 11.0. The van der Waals surface area contributed by atoms with Crippen LogP contribution in [-0.2, 0) is 9.53 Å². The van der Waals surface area contributed by atoms with Gasteiger partial charge in [0.05, 0.1) is 22.9 Å². The highest BCUT2D eigenvalue weighted by Gasteiger charge is 2.10. The van der Waals surface area contributed by atoms with Crippen molar-refractivity contribution in [2.24, 2.45) is 0 Å². The van der Waals surface area contributed by atoms with Crippen LogP contribution in [0, 0.1) is 0 Å². The zero-order valence-electron chi connectivity index (χ0n) is 12.1. The van der Waals surface area contributed by atoms with Crippen LogP contribution in [0.4, 0.5) is 5.13 Å². The van der Waals surface area contributed by atoms with Crippen molar-refractivity contribution in [3.05, 3.63) is 52.2 Å². The van der Waals surface area contributed by atoms with E-state index < -0.39 is 5.97 Å². The molecular weight excluding hydrogens is 332 g/mol. The molecule has 7 heteroatoms. The number of methoxy groups -OCH3 is 1. The molecule has 0 spiro atoms. The number of carbonyl (C=O) groups excluding carboxylic acids is 2. The third-order valence-electron chi connectivity index (χ3n) is 2.98. The van der Waals surface area contributed by atoms with E-state index >= 15 is 0 Å². The van der Waals surface area contributed by atoms with E-state index in [9.17, 15) is 9.59 Å². The van der Waals surface area contributed by atoms with Crippen LogP contribution in [0.15, 0.2) is 41.8 Å². The second-order valence-corrected chi connectivity index (χ2v) is 6.54. The van der Waals surface area contributed by atoms with Gasteiger partial charge in [-0.15, -0.1) is 11.3 Å². The molecule has 2 heterocycles. The number of carbonyl (C=O) groups is 2. The van der Waals surface area contributed by atoms with Crippen LogP contribution in [0.1, 0.15) is 15.2 Å². The van der Waals surface area contributed by atoms with Gasteiger partial charge in [-0.25, -0.2) is 9.78 Å². The minimum atomic E-state index is -0.398. The quantitative estimate of drug-likeness (QED) is 0.577. The van der Waals surface area contributed by atoms with Gasteiger partial charge in [0.2, 0.25) is 5.91 Å². The van der Waals surface area contributed by atoms with E-state index in [1.54, 1.807) is 35.6 Å². The summed E-state index contributed by atoms with van der Waals surface area (Å²) in [7, 11) is 1.34. The molecule has 0 aliphatic heterocycles. The van der Waals surface area contributed by atoms with Crippen molar-refractivity contribution in [1.82, 2.24) is 4.98 Å². The predicted octanol–water partition coefficient (Wildman–Crippen LogP) is 3.80. The van der Waals surface area contributed by atoms with E-state index in [0.29, 0.717) is 10.7 Å². The highest BCUT2D eigenvalue weighted by Crippen LogP contribution is 2.27. The Balaban J connectivity index is 1.75. The average molecular weight is 344 g/mol.